The Kier molecular flexibility index (Phi) is 3.26. The molecule has 2 aromatic rings. The van der Waals surface area contributed by atoms with E-state index in [0.717, 1.165) is 6.42 Å². The molecule has 2 nitrogen and oxygen atoms in total. The number of hydrogen-bond donors (Lipinski definition) is 2. The van der Waals surface area contributed by atoms with Gasteiger partial charge in [0.15, 0.2) is 0 Å². The molecule has 0 saturated heterocycles. The van der Waals surface area contributed by atoms with Crippen molar-refractivity contribution in [3.8, 4) is 0 Å². The molecular weight excluding hydrogens is 311 g/mol. The van der Waals surface area contributed by atoms with Crippen LogP contribution in [0.1, 0.15) is 22.4 Å². The monoisotopic (exact) mass is 328 g/mol. The van der Waals surface area contributed by atoms with E-state index in [1.807, 2.05) is 0 Å². The molecule has 2 rings (SSSR count). The zero-order chi connectivity index (χ0) is 11.9. The summed E-state index contributed by atoms with van der Waals surface area (Å²) in [4.78, 5) is 3.49. The van der Waals surface area contributed by atoms with Gasteiger partial charge in [-0.1, -0.05) is 0 Å². The summed E-state index contributed by atoms with van der Waals surface area (Å²) < 4.78 is 1.33. The van der Waals surface area contributed by atoms with Crippen LogP contribution in [-0.4, -0.2) is 11.5 Å². The average molecular weight is 328 g/mol. The molecule has 1 aromatic carbocycles. The highest BCUT2D eigenvalue weighted by Crippen LogP contribution is 2.31. The molecule has 0 bridgehead atoms. The van der Waals surface area contributed by atoms with Crippen molar-refractivity contribution in [3.05, 3.63) is 32.0 Å². The van der Waals surface area contributed by atoms with Crippen LogP contribution in [0.4, 0.5) is 0 Å². The number of nitrogens with one attached hydrogen (secondary N) is 1. The summed E-state index contributed by atoms with van der Waals surface area (Å²) in [6.07, 6.45) is 0.951. The topological polar surface area (TPSA) is 41.8 Å². The van der Waals surface area contributed by atoms with E-state index in [2.05, 4.69) is 54.4 Å². The Morgan fingerprint density at radius 1 is 1.31 bits per heavy atom. The summed E-state index contributed by atoms with van der Waals surface area (Å²) in [6, 6.07) is 2.24. The van der Waals surface area contributed by atoms with Gasteiger partial charge >= 0.3 is 0 Å². The van der Waals surface area contributed by atoms with Gasteiger partial charge in [0.2, 0.25) is 0 Å². The predicted octanol–water partition coefficient (Wildman–Crippen LogP) is 3.20. The standard InChI is InChI=1S/C13H17IN2/c1-7-6-11(14)8(2)12-10(4-5-15)9(3)16-13(7)12/h6,16H,4-5,15H2,1-3H3. The van der Waals surface area contributed by atoms with Gasteiger partial charge in [-0.25, -0.2) is 0 Å². The fraction of sp³-hybridized carbons (Fsp3) is 0.385. The Morgan fingerprint density at radius 2 is 2.00 bits per heavy atom. The average Bonchev–Trinajstić information content (AvgIpc) is 2.55. The molecule has 0 radical (unpaired) electrons. The predicted molar refractivity (Wildman–Crippen MR) is 78.0 cm³/mol. The summed E-state index contributed by atoms with van der Waals surface area (Å²) >= 11 is 2.41. The number of halogens is 1. The van der Waals surface area contributed by atoms with E-state index < -0.39 is 0 Å². The highest BCUT2D eigenvalue weighted by molar-refractivity contribution is 14.1. The molecule has 0 saturated carbocycles. The van der Waals surface area contributed by atoms with Crippen LogP contribution in [0.25, 0.3) is 10.9 Å². The van der Waals surface area contributed by atoms with Crippen LogP contribution in [0.15, 0.2) is 6.07 Å². The zero-order valence-electron chi connectivity index (χ0n) is 9.95. The number of rotatable bonds is 2. The van der Waals surface area contributed by atoms with Crippen LogP contribution in [0, 0.1) is 24.3 Å². The van der Waals surface area contributed by atoms with Crippen molar-refractivity contribution in [3.63, 3.8) is 0 Å². The molecule has 3 heteroatoms. The molecule has 3 N–H and O–H groups in total. The first-order valence-electron chi connectivity index (χ1n) is 5.53. The molecule has 16 heavy (non-hydrogen) atoms. The largest absolute Gasteiger partial charge is 0.358 e. The molecule has 1 heterocycles. The maximum absolute atomic E-state index is 5.69. The van der Waals surface area contributed by atoms with Gasteiger partial charge < -0.3 is 10.7 Å². The fourth-order valence-corrected chi connectivity index (χ4v) is 3.06. The Bertz CT molecular complexity index is 541. The van der Waals surface area contributed by atoms with E-state index in [4.69, 9.17) is 5.73 Å². The number of aromatic nitrogens is 1. The lowest BCUT2D eigenvalue weighted by molar-refractivity contribution is 0.962. The van der Waals surface area contributed by atoms with E-state index in [-0.39, 0.29) is 0 Å². The molecule has 0 aliphatic rings. The van der Waals surface area contributed by atoms with Crippen LogP contribution in [0.3, 0.4) is 0 Å². The van der Waals surface area contributed by atoms with Gasteiger partial charge in [0.1, 0.15) is 0 Å². The fourth-order valence-electron chi connectivity index (χ4n) is 2.32. The van der Waals surface area contributed by atoms with E-state index in [1.54, 1.807) is 0 Å². The van der Waals surface area contributed by atoms with E-state index in [9.17, 15) is 0 Å². The van der Waals surface area contributed by atoms with Crippen molar-refractivity contribution in [2.45, 2.75) is 27.2 Å². The summed E-state index contributed by atoms with van der Waals surface area (Å²) in [5.74, 6) is 0. The number of H-pyrrole nitrogens is 1. The van der Waals surface area contributed by atoms with Crippen molar-refractivity contribution >= 4 is 33.5 Å². The van der Waals surface area contributed by atoms with Crippen LogP contribution in [0.2, 0.25) is 0 Å². The number of aryl methyl sites for hydroxylation is 3. The third-order valence-corrected chi connectivity index (χ3v) is 4.30. The SMILES string of the molecule is Cc1[nH]c2c(C)cc(I)c(C)c2c1CCN. The first-order valence-corrected chi connectivity index (χ1v) is 6.61. The van der Waals surface area contributed by atoms with Gasteiger partial charge in [-0.2, -0.15) is 0 Å². The molecule has 0 aliphatic heterocycles. The molecule has 0 atom stereocenters. The Hall–Kier alpha value is -0.550. The lowest BCUT2D eigenvalue weighted by Gasteiger charge is -2.06. The lowest BCUT2D eigenvalue weighted by Crippen LogP contribution is -2.03. The van der Waals surface area contributed by atoms with Crippen LogP contribution in [-0.2, 0) is 6.42 Å². The van der Waals surface area contributed by atoms with Gasteiger partial charge in [-0.05, 0) is 79.1 Å². The molecule has 1 aromatic heterocycles. The number of hydrogen-bond acceptors (Lipinski definition) is 1. The van der Waals surface area contributed by atoms with E-state index in [1.165, 1.54) is 36.9 Å². The first kappa shape index (κ1) is 11.9. The molecule has 0 spiro atoms. The Balaban J connectivity index is 2.85. The molecule has 0 aliphatic carbocycles. The minimum Gasteiger partial charge on any atom is -0.358 e. The third-order valence-electron chi connectivity index (χ3n) is 3.18. The quantitative estimate of drug-likeness (QED) is 0.817. The van der Waals surface area contributed by atoms with Crippen LogP contribution < -0.4 is 5.73 Å². The number of aromatic amines is 1. The summed E-state index contributed by atoms with van der Waals surface area (Å²) in [5.41, 5.74) is 12.3. The maximum atomic E-state index is 5.69. The first-order chi connectivity index (χ1) is 7.56. The second-order valence-corrected chi connectivity index (χ2v) is 5.48. The summed E-state index contributed by atoms with van der Waals surface area (Å²) in [5, 5.41) is 1.38. The van der Waals surface area contributed by atoms with Crippen molar-refractivity contribution in [2.24, 2.45) is 5.73 Å². The summed E-state index contributed by atoms with van der Waals surface area (Å²) in [6.45, 7) is 7.19. The van der Waals surface area contributed by atoms with Gasteiger partial charge in [-0.3, -0.25) is 0 Å². The van der Waals surface area contributed by atoms with Crippen molar-refractivity contribution in [2.75, 3.05) is 6.54 Å². The second-order valence-electron chi connectivity index (χ2n) is 4.32. The molecular formula is C13H17IN2. The smallest absolute Gasteiger partial charge is 0.0492 e. The minimum absolute atomic E-state index is 0.706. The third kappa shape index (κ3) is 1.76. The molecule has 0 unspecified atom stereocenters. The minimum atomic E-state index is 0.706. The second kappa shape index (κ2) is 4.37. The molecule has 86 valence electrons. The highest BCUT2D eigenvalue weighted by Gasteiger charge is 2.13. The highest BCUT2D eigenvalue weighted by atomic mass is 127. The van der Waals surface area contributed by atoms with Gasteiger partial charge in [0.25, 0.3) is 0 Å². The van der Waals surface area contributed by atoms with E-state index in [0.29, 0.717) is 6.54 Å². The van der Waals surface area contributed by atoms with Crippen molar-refractivity contribution in [1.82, 2.24) is 4.98 Å². The van der Waals surface area contributed by atoms with Gasteiger partial charge in [0.05, 0.1) is 0 Å². The van der Waals surface area contributed by atoms with Crippen molar-refractivity contribution < 1.29 is 0 Å². The van der Waals surface area contributed by atoms with Crippen molar-refractivity contribution in [1.29, 1.82) is 0 Å². The lowest BCUT2D eigenvalue weighted by atomic mass is 10.0. The van der Waals surface area contributed by atoms with Crippen LogP contribution >= 0.6 is 22.6 Å². The van der Waals surface area contributed by atoms with Gasteiger partial charge in [-0.15, -0.1) is 0 Å². The zero-order valence-corrected chi connectivity index (χ0v) is 12.1. The normalized spacial score (nSPS) is 11.3. The Labute approximate surface area is 110 Å². The maximum Gasteiger partial charge on any atom is 0.0492 e. The number of benzene rings is 1. The van der Waals surface area contributed by atoms with E-state index >= 15 is 0 Å². The number of fused-ring (bicyclic) bond motifs is 1. The van der Waals surface area contributed by atoms with Gasteiger partial charge in [0, 0.05) is 20.2 Å². The molecule has 0 fully saturated rings. The van der Waals surface area contributed by atoms with Crippen LogP contribution in [0.5, 0.6) is 0 Å². The summed E-state index contributed by atoms with van der Waals surface area (Å²) in [7, 11) is 0. The molecule has 0 amide bonds. The Morgan fingerprint density at radius 3 is 2.62 bits per heavy atom. The number of nitrogens with two attached hydrogens (primary N) is 1.